The van der Waals surface area contributed by atoms with E-state index in [1.807, 2.05) is 31.2 Å². The molecule has 1 heterocycles. The first-order valence-electron chi connectivity index (χ1n) is 9.94. The van der Waals surface area contributed by atoms with Gasteiger partial charge in [0.1, 0.15) is 0 Å². The maximum atomic E-state index is 12.8. The number of para-hydroxylation sites is 1. The van der Waals surface area contributed by atoms with Gasteiger partial charge in [-0.3, -0.25) is 9.59 Å². The third-order valence-corrected chi connectivity index (χ3v) is 5.88. The number of fused-ring (bicyclic) bond motifs is 1. The zero-order chi connectivity index (χ0) is 20.5. The number of nitrogens with zero attached hydrogens (tertiary/aromatic N) is 2. The van der Waals surface area contributed by atoms with E-state index in [0.29, 0.717) is 11.4 Å². The topological polar surface area (TPSA) is 52.7 Å². The van der Waals surface area contributed by atoms with Crippen molar-refractivity contribution in [3.05, 3.63) is 47.9 Å². The van der Waals surface area contributed by atoms with Crippen molar-refractivity contribution in [3.63, 3.8) is 0 Å². The van der Waals surface area contributed by atoms with E-state index < -0.39 is 0 Å². The lowest BCUT2D eigenvalue weighted by molar-refractivity contribution is -0.118. The highest BCUT2D eigenvalue weighted by molar-refractivity contribution is 8.04. The molecule has 0 aromatic heterocycles. The van der Waals surface area contributed by atoms with Crippen LogP contribution in [-0.4, -0.2) is 48.9 Å². The summed E-state index contributed by atoms with van der Waals surface area (Å²) in [7, 11) is 0. The third-order valence-electron chi connectivity index (χ3n) is 4.80. The second kappa shape index (κ2) is 11.1. The lowest BCUT2D eigenvalue weighted by Gasteiger charge is -2.29. The minimum absolute atomic E-state index is 0.0696. The maximum absolute atomic E-state index is 12.8. The Balaban J connectivity index is 1.99. The summed E-state index contributed by atoms with van der Waals surface area (Å²) in [6.45, 7) is 13.6. The maximum Gasteiger partial charge on any atom is 0.265 e. The van der Waals surface area contributed by atoms with Gasteiger partial charge in [-0.15, -0.1) is 6.58 Å². The van der Waals surface area contributed by atoms with Crippen LogP contribution in [0.25, 0.3) is 0 Å². The van der Waals surface area contributed by atoms with E-state index in [9.17, 15) is 9.59 Å². The van der Waals surface area contributed by atoms with E-state index in [1.165, 1.54) is 17.8 Å². The zero-order valence-electron chi connectivity index (χ0n) is 17.1. The summed E-state index contributed by atoms with van der Waals surface area (Å²) in [6.07, 6.45) is 5.08. The highest BCUT2D eigenvalue weighted by Crippen LogP contribution is 2.41. The largest absolute Gasteiger partial charge is 0.350 e. The van der Waals surface area contributed by atoms with Crippen molar-refractivity contribution in [2.75, 3.05) is 31.1 Å². The van der Waals surface area contributed by atoms with Crippen molar-refractivity contribution in [1.29, 1.82) is 0 Å². The molecule has 1 aliphatic rings. The molecule has 0 radical (unpaired) electrons. The number of hydrogen-bond donors (Lipinski definition) is 1. The summed E-state index contributed by atoms with van der Waals surface area (Å²) in [6, 6.07) is 7.79. The van der Waals surface area contributed by atoms with Crippen LogP contribution in [0.4, 0.5) is 5.69 Å². The number of hydrogen-bond acceptors (Lipinski definition) is 4. The van der Waals surface area contributed by atoms with Gasteiger partial charge in [0.2, 0.25) is 5.91 Å². The molecule has 2 amide bonds. The van der Waals surface area contributed by atoms with Gasteiger partial charge >= 0.3 is 0 Å². The van der Waals surface area contributed by atoms with Gasteiger partial charge in [-0.05, 0) is 51.5 Å². The van der Waals surface area contributed by atoms with Crippen molar-refractivity contribution in [2.45, 2.75) is 44.6 Å². The fraction of sp³-hybridized carbons (Fsp3) is 0.455. The fourth-order valence-electron chi connectivity index (χ4n) is 3.21. The van der Waals surface area contributed by atoms with Crippen molar-refractivity contribution in [1.82, 2.24) is 10.2 Å². The van der Waals surface area contributed by atoms with Gasteiger partial charge in [-0.25, -0.2) is 0 Å². The van der Waals surface area contributed by atoms with Crippen molar-refractivity contribution >= 4 is 29.3 Å². The predicted molar refractivity (Wildman–Crippen MR) is 118 cm³/mol. The van der Waals surface area contributed by atoms with E-state index in [4.69, 9.17) is 0 Å². The van der Waals surface area contributed by atoms with Crippen LogP contribution in [0, 0.1) is 0 Å². The predicted octanol–water partition coefficient (Wildman–Crippen LogP) is 3.82. The molecular formula is C22H31N3O2S. The van der Waals surface area contributed by atoms with E-state index >= 15 is 0 Å². The number of rotatable bonds is 10. The molecule has 1 aliphatic heterocycles. The number of thioether (sulfide) groups is 1. The minimum Gasteiger partial charge on any atom is -0.350 e. The Morgan fingerprint density at radius 2 is 2.04 bits per heavy atom. The second-order valence-electron chi connectivity index (χ2n) is 6.86. The van der Waals surface area contributed by atoms with E-state index in [-0.39, 0.29) is 17.9 Å². The van der Waals surface area contributed by atoms with E-state index in [0.717, 1.165) is 43.1 Å². The number of benzene rings is 1. The molecule has 0 saturated heterocycles. The van der Waals surface area contributed by atoms with Crippen LogP contribution in [0.15, 0.2) is 52.8 Å². The van der Waals surface area contributed by atoms with Gasteiger partial charge < -0.3 is 15.1 Å². The lowest BCUT2D eigenvalue weighted by atomic mass is 10.1. The number of carbonyl (C=O) groups is 2. The Bertz CT molecular complexity index is 728. The van der Waals surface area contributed by atoms with Crippen LogP contribution >= 0.6 is 11.8 Å². The molecule has 152 valence electrons. The van der Waals surface area contributed by atoms with Crippen LogP contribution in [0.2, 0.25) is 0 Å². The Morgan fingerprint density at radius 1 is 1.32 bits per heavy atom. The van der Waals surface area contributed by atoms with Crippen molar-refractivity contribution < 1.29 is 9.59 Å². The molecule has 1 atom stereocenters. The first-order chi connectivity index (χ1) is 13.5. The Kier molecular flexibility index (Phi) is 8.80. The van der Waals surface area contributed by atoms with Gasteiger partial charge in [-0.2, -0.15) is 0 Å². The SMILES string of the molecule is C=CCN1C(=O)/C(=C\C(=O)N[C@@H](C)CCCN(CC)CC)Sc2ccccc21. The van der Waals surface area contributed by atoms with Crippen LogP contribution < -0.4 is 10.2 Å². The Labute approximate surface area is 172 Å². The highest BCUT2D eigenvalue weighted by atomic mass is 32.2. The van der Waals surface area contributed by atoms with Crippen LogP contribution in [0.3, 0.4) is 0 Å². The number of nitrogens with one attached hydrogen (secondary N) is 1. The summed E-state index contributed by atoms with van der Waals surface area (Å²) in [5.74, 6) is -0.378. The monoisotopic (exact) mass is 401 g/mol. The molecule has 0 bridgehead atoms. The van der Waals surface area contributed by atoms with Gasteiger partial charge in [0, 0.05) is 23.6 Å². The van der Waals surface area contributed by atoms with Gasteiger partial charge in [-0.1, -0.05) is 43.8 Å². The first-order valence-corrected chi connectivity index (χ1v) is 10.8. The lowest BCUT2D eigenvalue weighted by Crippen LogP contribution is -2.36. The molecule has 5 nitrogen and oxygen atoms in total. The quantitative estimate of drug-likeness (QED) is 0.478. The van der Waals surface area contributed by atoms with Gasteiger partial charge in [0.25, 0.3) is 5.91 Å². The summed E-state index contributed by atoms with van der Waals surface area (Å²) >= 11 is 1.35. The average Bonchev–Trinajstić information content (AvgIpc) is 2.68. The third kappa shape index (κ3) is 5.97. The molecule has 6 heteroatoms. The number of carbonyl (C=O) groups excluding carboxylic acids is 2. The Hall–Kier alpha value is -2.05. The van der Waals surface area contributed by atoms with Crippen LogP contribution in [-0.2, 0) is 9.59 Å². The standard InChI is InChI=1S/C22H31N3O2S/c1-5-14-25-18-12-8-9-13-19(18)28-20(22(25)27)16-21(26)23-17(4)11-10-15-24(6-2)7-3/h5,8-9,12-13,16-17H,1,6-7,10-11,14-15H2,2-4H3,(H,23,26)/b20-16+/t17-/m0/s1. The van der Waals surface area contributed by atoms with Crippen LogP contribution in [0.5, 0.6) is 0 Å². The molecule has 28 heavy (non-hydrogen) atoms. The summed E-state index contributed by atoms with van der Waals surface area (Å²) in [5, 5.41) is 2.99. The summed E-state index contributed by atoms with van der Waals surface area (Å²) in [4.78, 5) is 30.7. The molecular weight excluding hydrogens is 370 g/mol. The molecule has 0 unspecified atom stereocenters. The Morgan fingerprint density at radius 3 is 2.71 bits per heavy atom. The molecule has 0 fully saturated rings. The fourth-order valence-corrected chi connectivity index (χ4v) is 4.24. The van der Waals surface area contributed by atoms with E-state index in [1.54, 1.807) is 11.0 Å². The minimum atomic E-state index is -0.218. The van der Waals surface area contributed by atoms with Crippen molar-refractivity contribution in [3.8, 4) is 0 Å². The molecule has 1 aromatic carbocycles. The van der Waals surface area contributed by atoms with E-state index in [2.05, 4.69) is 30.6 Å². The van der Waals surface area contributed by atoms with Crippen LogP contribution in [0.1, 0.15) is 33.6 Å². The normalized spacial score (nSPS) is 16.2. The smallest absolute Gasteiger partial charge is 0.265 e. The molecule has 2 rings (SSSR count). The summed E-state index contributed by atoms with van der Waals surface area (Å²) in [5.41, 5.74) is 0.861. The molecule has 0 spiro atoms. The number of anilines is 1. The first kappa shape index (κ1) is 22.2. The highest BCUT2D eigenvalue weighted by Gasteiger charge is 2.28. The van der Waals surface area contributed by atoms with Crippen molar-refractivity contribution in [2.24, 2.45) is 0 Å². The molecule has 1 N–H and O–H groups in total. The molecule has 0 saturated carbocycles. The zero-order valence-corrected chi connectivity index (χ0v) is 17.9. The second-order valence-corrected chi connectivity index (χ2v) is 7.95. The molecule has 0 aliphatic carbocycles. The number of amides is 2. The van der Waals surface area contributed by atoms with Gasteiger partial charge in [0.05, 0.1) is 10.6 Å². The summed E-state index contributed by atoms with van der Waals surface area (Å²) < 4.78 is 0. The molecule has 1 aromatic rings. The average molecular weight is 402 g/mol. The van der Waals surface area contributed by atoms with Gasteiger partial charge in [0.15, 0.2) is 0 Å².